The van der Waals surface area contributed by atoms with Gasteiger partial charge in [-0.15, -0.1) is 11.3 Å². The molecule has 2 rings (SSSR count). The van der Waals surface area contributed by atoms with Crippen LogP contribution in [0.1, 0.15) is 11.0 Å². The van der Waals surface area contributed by atoms with Gasteiger partial charge in [0, 0.05) is 23.9 Å². The molecule has 1 atom stereocenters. The molecule has 8 heteroatoms. The van der Waals surface area contributed by atoms with E-state index >= 15 is 0 Å². The molecule has 0 radical (unpaired) electrons. The largest absolute Gasteiger partial charge is 0.386 e. The maximum atomic E-state index is 11.6. The second-order valence-corrected chi connectivity index (χ2v) is 7.89. The Bertz CT molecular complexity index is 700. The van der Waals surface area contributed by atoms with Crippen LogP contribution >= 0.6 is 22.9 Å². The lowest BCUT2D eigenvalue weighted by Crippen LogP contribution is -2.14. The monoisotopic (exact) mass is 332 g/mol. The highest BCUT2D eigenvalue weighted by Gasteiger charge is 2.16. The molecule has 0 fully saturated rings. The summed E-state index contributed by atoms with van der Waals surface area (Å²) in [6, 6.07) is 6.46. The third-order valence-electron chi connectivity index (χ3n) is 2.56. The van der Waals surface area contributed by atoms with Crippen LogP contribution in [-0.4, -0.2) is 31.3 Å². The number of aliphatic hydroxyl groups excluding tert-OH is 1. The summed E-state index contributed by atoms with van der Waals surface area (Å²) < 4.78 is 23.8. The molecule has 2 heterocycles. The van der Waals surface area contributed by atoms with Gasteiger partial charge in [-0.05, 0) is 24.3 Å². The fraction of sp³-hybridized carbons (Fsp3) is 0.250. The second kappa shape index (κ2) is 6.09. The van der Waals surface area contributed by atoms with Gasteiger partial charge in [-0.2, -0.15) is 0 Å². The first-order valence-corrected chi connectivity index (χ1v) is 8.79. The molecule has 2 aromatic rings. The summed E-state index contributed by atoms with van der Waals surface area (Å²) in [6.45, 7) is 0.149. The molecular formula is C12H13ClN2O3S2. The molecule has 108 valence electrons. The van der Waals surface area contributed by atoms with Crippen LogP contribution in [0.3, 0.4) is 0 Å². The highest BCUT2D eigenvalue weighted by atomic mass is 35.5. The van der Waals surface area contributed by atoms with Crippen molar-refractivity contribution in [1.29, 1.82) is 0 Å². The molecule has 2 aromatic heterocycles. The summed E-state index contributed by atoms with van der Waals surface area (Å²) in [6.07, 6.45) is 1.83. The van der Waals surface area contributed by atoms with Crippen molar-refractivity contribution in [2.45, 2.75) is 11.0 Å². The van der Waals surface area contributed by atoms with Crippen LogP contribution < -0.4 is 5.32 Å². The maximum Gasteiger partial charge on any atom is 0.179 e. The highest BCUT2D eigenvalue weighted by molar-refractivity contribution is 7.90. The van der Waals surface area contributed by atoms with Crippen molar-refractivity contribution in [2.24, 2.45) is 0 Å². The molecule has 0 bridgehead atoms. The standard InChI is InChI=1S/C12H13ClN2O3S2/c1-20(17,18)10-3-2-6-14-12(10)15-7-8(16)9-4-5-11(13)19-9/h2-6,8,16H,7H2,1H3,(H,14,15). The van der Waals surface area contributed by atoms with Gasteiger partial charge >= 0.3 is 0 Å². The number of anilines is 1. The first-order valence-electron chi connectivity index (χ1n) is 5.70. The van der Waals surface area contributed by atoms with Crippen molar-refractivity contribution in [3.8, 4) is 0 Å². The zero-order valence-corrected chi connectivity index (χ0v) is 13.0. The Labute approximate surface area is 126 Å². The lowest BCUT2D eigenvalue weighted by molar-refractivity contribution is 0.195. The number of thiophene rings is 1. The van der Waals surface area contributed by atoms with Crippen LogP contribution in [0.4, 0.5) is 5.82 Å². The van der Waals surface area contributed by atoms with E-state index in [2.05, 4.69) is 10.3 Å². The maximum absolute atomic E-state index is 11.6. The number of nitrogens with one attached hydrogen (secondary N) is 1. The number of aliphatic hydroxyl groups is 1. The average Bonchev–Trinajstić information content (AvgIpc) is 2.82. The van der Waals surface area contributed by atoms with Gasteiger partial charge in [0.2, 0.25) is 0 Å². The van der Waals surface area contributed by atoms with E-state index in [0.717, 1.165) is 6.26 Å². The zero-order chi connectivity index (χ0) is 14.8. The Morgan fingerprint density at radius 3 is 2.80 bits per heavy atom. The quantitative estimate of drug-likeness (QED) is 0.878. The summed E-state index contributed by atoms with van der Waals surface area (Å²) in [5.41, 5.74) is 0. The Hall–Kier alpha value is -1.15. The van der Waals surface area contributed by atoms with Crippen molar-refractivity contribution < 1.29 is 13.5 Å². The summed E-state index contributed by atoms with van der Waals surface area (Å²) in [5.74, 6) is 0.233. The first kappa shape index (κ1) is 15.2. The van der Waals surface area contributed by atoms with E-state index in [0.29, 0.717) is 9.21 Å². The molecule has 0 saturated carbocycles. The predicted molar refractivity (Wildman–Crippen MR) is 80.1 cm³/mol. The van der Waals surface area contributed by atoms with Gasteiger partial charge < -0.3 is 10.4 Å². The lowest BCUT2D eigenvalue weighted by Gasteiger charge is -2.12. The lowest BCUT2D eigenvalue weighted by atomic mass is 10.3. The molecule has 0 amide bonds. The molecule has 0 aromatic carbocycles. The van der Waals surface area contributed by atoms with Crippen LogP contribution in [0.5, 0.6) is 0 Å². The molecular weight excluding hydrogens is 320 g/mol. The van der Waals surface area contributed by atoms with Crippen molar-refractivity contribution in [1.82, 2.24) is 4.98 Å². The number of halogens is 1. The van der Waals surface area contributed by atoms with E-state index in [-0.39, 0.29) is 17.3 Å². The Kier molecular flexibility index (Phi) is 4.64. The second-order valence-electron chi connectivity index (χ2n) is 4.16. The van der Waals surface area contributed by atoms with E-state index < -0.39 is 15.9 Å². The van der Waals surface area contributed by atoms with Gasteiger partial charge in [0.25, 0.3) is 0 Å². The highest BCUT2D eigenvalue weighted by Crippen LogP contribution is 2.27. The molecule has 2 N–H and O–H groups in total. The smallest absolute Gasteiger partial charge is 0.179 e. The number of hydrogen-bond acceptors (Lipinski definition) is 6. The van der Waals surface area contributed by atoms with Gasteiger partial charge in [-0.25, -0.2) is 13.4 Å². The van der Waals surface area contributed by atoms with Gasteiger partial charge in [-0.3, -0.25) is 0 Å². The molecule has 5 nitrogen and oxygen atoms in total. The van der Waals surface area contributed by atoms with E-state index in [1.54, 1.807) is 18.2 Å². The van der Waals surface area contributed by atoms with Crippen LogP contribution in [0.25, 0.3) is 0 Å². The molecule has 20 heavy (non-hydrogen) atoms. The topological polar surface area (TPSA) is 79.3 Å². The van der Waals surface area contributed by atoms with Gasteiger partial charge in [-0.1, -0.05) is 11.6 Å². The zero-order valence-electron chi connectivity index (χ0n) is 10.6. The fourth-order valence-electron chi connectivity index (χ4n) is 1.62. The minimum atomic E-state index is -3.37. The van der Waals surface area contributed by atoms with E-state index in [9.17, 15) is 13.5 Å². The van der Waals surface area contributed by atoms with Gasteiger partial charge in [0.05, 0.1) is 4.34 Å². The summed E-state index contributed by atoms with van der Waals surface area (Å²) in [4.78, 5) is 4.81. The summed E-state index contributed by atoms with van der Waals surface area (Å²) in [5, 5.41) is 12.9. The molecule has 0 aliphatic carbocycles. The number of rotatable bonds is 5. The SMILES string of the molecule is CS(=O)(=O)c1cccnc1NCC(O)c1ccc(Cl)s1. The predicted octanol–water partition coefficient (Wildman–Crippen LogP) is 2.35. The molecule has 0 aliphatic rings. The molecule has 0 spiro atoms. The first-order chi connectivity index (χ1) is 9.38. The average molecular weight is 333 g/mol. The van der Waals surface area contributed by atoms with E-state index in [1.807, 2.05) is 0 Å². The summed E-state index contributed by atoms with van der Waals surface area (Å²) in [7, 11) is -3.37. The van der Waals surface area contributed by atoms with Gasteiger partial charge in [0.1, 0.15) is 16.8 Å². The number of aromatic nitrogens is 1. The molecule has 0 aliphatic heterocycles. The van der Waals surface area contributed by atoms with E-state index in [1.165, 1.54) is 23.6 Å². The van der Waals surface area contributed by atoms with E-state index in [4.69, 9.17) is 11.6 Å². The van der Waals surface area contributed by atoms with Crippen molar-refractivity contribution in [3.05, 3.63) is 39.7 Å². The van der Waals surface area contributed by atoms with Crippen molar-refractivity contribution in [2.75, 3.05) is 18.1 Å². The Balaban J connectivity index is 2.12. The Morgan fingerprint density at radius 1 is 1.45 bits per heavy atom. The minimum absolute atomic E-state index is 0.108. The van der Waals surface area contributed by atoms with Crippen LogP contribution in [0.2, 0.25) is 4.34 Å². The third kappa shape index (κ3) is 3.69. The summed E-state index contributed by atoms with van der Waals surface area (Å²) >= 11 is 7.08. The van der Waals surface area contributed by atoms with Crippen molar-refractivity contribution >= 4 is 38.6 Å². The van der Waals surface area contributed by atoms with Gasteiger partial charge in [0.15, 0.2) is 9.84 Å². The van der Waals surface area contributed by atoms with Crippen LogP contribution in [0.15, 0.2) is 35.4 Å². The molecule has 0 saturated heterocycles. The fourth-order valence-corrected chi connectivity index (χ4v) is 3.47. The number of nitrogens with zero attached hydrogens (tertiary/aromatic N) is 1. The third-order valence-corrected chi connectivity index (χ3v) is 5.02. The van der Waals surface area contributed by atoms with Crippen LogP contribution in [0, 0.1) is 0 Å². The number of pyridine rings is 1. The number of sulfone groups is 1. The normalized spacial score (nSPS) is 13.2. The van der Waals surface area contributed by atoms with Crippen molar-refractivity contribution in [3.63, 3.8) is 0 Å². The van der Waals surface area contributed by atoms with Crippen LogP contribution in [-0.2, 0) is 9.84 Å². The Morgan fingerprint density at radius 2 is 2.20 bits per heavy atom. The number of hydrogen-bond donors (Lipinski definition) is 2. The minimum Gasteiger partial charge on any atom is -0.386 e. The molecule has 1 unspecified atom stereocenters.